The molecule has 1 aromatic rings. The minimum absolute atomic E-state index is 0.116. The summed E-state index contributed by atoms with van der Waals surface area (Å²) < 4.78 is 13.1. The normalized spacial score (nSPS) is 11.4. The molecule has 0 fully saturated rings. The first-order valence-corrected chi connectivity index (χ1v) is 4.44. The smallest absolute Gasteiger partial charge is 0.165 e. The zero-order valence-corrected chi connectivity index (χ0v) is 8.26. The molecule has 0 aliphatic rings. The van der Waals surface area contributed by atoms with E-state index in [0.29, 0.717) is 5.82 Å². The van der Waals surface area contributed by atoms with Crippen molar-refractivity contribution >= 4 is 5.82 Å². The highest BCUT2D eigenvalue weighted by Crippen LogP contribution is 2.17. The Morgan fingerprint density at radius 3 is 2.77 bits per heavy atom. The predicted octanol–water partition coefficient (Wildman–Crippen LogP) is 2.82. The summed E-state index contributed by atoms with van der Waals surface area (Å²) in [5.74, 6) is 0.0263. The summed E-state index contributed by atoms with van der Waals surface area (Å²) in [6, 6.07) is 2.99. The molecule has 13 heavy (non-hydrogen) atoms. The van der Waals surface area contributed by atoms with Gasteiger partial charge in [-0.1, -0.05) is 6.92 Å². The fraction of sp³-hybridized carbons (Fsp3) is 0.500. The van der Waals surface area contributed by atoms with Crippen LogP contribution >= 0.6 is 0 Å². The summed E-state index contributed by atoms with van der Waals surface area (Å²) in [6.45, 7) is 6.08. The van der Waals surface area contributed by atoms with Crippen LogP contribution in [0.4, 0.5) is 10.2 Å². The molecule has 0 aliphatic carbocycles. The van der Waals surface area contributed by atoms with Gasteiger partial charge in [0.2, 0.25) is 0 Å². The summed E-state index contributed by atoms with van der Waals surface area (Å²) in [6.07, 6.45) is 2.50. The standard InChI is InChI=1S/C10H15FN2/c1-4-10(2,3)13-9-8(11)6-5-7-12-9/h5-7H,4H2,1-3H3,(H,12,13). The number of rotatable bonds is 3. The maximum absolute atomic E-state index is 13.1. The molecule has 1 heterocycles. The van der Waals surface area contributed by atoms with Crippen LogP contribution in [0.3, 0.4) is 0 Å². The van der Waals surface area contributed by atoms with E-state index < -0.39 is 0 Å². The van der Waals surface area contributed by atoms with Crippen molar-refractivity contribution in [3.05, 3.63) is 24.1 Å². The zero-order valence-electron chi connectivity index (χ0n) is 8.26. The van der Waals surface area contributed by atoms with Gasteiger partial charge in [-0.3, -0.25) is 0 Å². The SMILES string of the molecule is CCC(C)(C)Nc1ncccc1F. The molecule has 0 unspecified atom stereocenters. The van der Waals surface area contributed by atoms with Crippen LogP contribution in [-0.2, 0) is 0 Å². The van der Waals surface area contributed by atoms with Crippen LogP contribution in [0.25, 0.3) is 0 Å². The van der Waals surface area contributed by atoms with Crippen LogP contribution in [0, 0.1) is 5.82 Å². The molecule has 0 aliphatic heterocycles. The number of hydrogen-bond acceptors (Lipinski definition) is 2. The molecule has 0 bridgehead atoms. The molecule has 0 aromatic carbocycles. The molecule has 0 atom stereocenters. The van der Waals surface area contributed by atoms with Gasteiger partial charge in [0.1, 0.15) is 0 Å². The molecule has 1 rings (SSSR count). The predicted molar refractivity (Wildman–Crippen MR) is 52.2 cm³/mol. The number of halogens is 1. The van der Waals surface area contributed by atoms with Crippen molar-refractivity contribution in [2.45, 2.75) is 32.7 Å². The van der Waals surface area contributed by atoms with E-state index in [4.69, 9.17) is 0 Å². The van der Waals surface area contributed by atoms with Gasteiger partial charge in [-0.15, -0.1) is 0 Å². The van der Waals surface area contributed by atoms with Gasteiger partial charge in [0.05, 0.1) is 0 Å². The number of pyridine rings is 1. The van der Waals surface area contributed by atoms with Crippen LogP contribution in [0.1, 0.15) is 27.2 Å². The summed E-state index contributed by atoms with van der Waals surface area (Å²) in [7, 11) is 0. The second-order valence-corrected chi connectivity index (χ2v) is 3.70. The lowest BCUT2D eigenvalue weighted by molar-refractivity contribution is 0.533. The van der Waals surface area contributed by atoms with Gasteiger partial charge in [-0.05, 0) is 32.4 Å². The molecule has 0 radical (unpaired) electrons. The quantitative estimate of drug-likeness (QED) is 0.777. The Hall–Kier alpha value is -1.12. The van der Waals surface area contributed by atoms with E-state index in [0.717, 1.165) is 6.42 Å². The average Bonchev–Trinajstić information content (AvgIpc) is 2.09. The molecule has 0 amide bonds. The van der Waals surface area contributed by atoms with Crippen LogP contribution in [0.5, 0.6) is 0 Å². The van der Waals surface area contributed by atoms with Gasteiger partial charge in [0.15, 0.2) is 11.6 Å². The minimum atomic E-state index is -0.302. The first kappa shape index (κ1) is 9.96. The molecule has 0 saturated heterocycles. The lowest BCUT2D eigenvalue weighted by atomic mass is 10.0. The molecule has 72 valence electrons. The molecule has 2 nitrogen and oxygen atoms in total. The molecule has 0 saturated carbocycles. The molecule has 1 N–H and O–H groups in total. The maximum atomic E-state index is 13.1. The summed E-state index contributed by atoms with van der Waals surface area (Å²) in [4.78, 5) is 3.93. The van der Waals surface area contributed by atoms with Crippen molar-refractivity contribution in [3.63, 3.8) is 0 Å². The van der Waals surface area contributed by atoms with E-state index in [1.54, 1.807) is 12.3 Å². The Balaban J connectivity index is 2.80. The molecular weight excluding hydrogens is 167 g/mol. The Morgan fingerprint density at radius 1 is 1.54 bits per heavy atom. The van der Waals surface area contributed by atoms with Crippen molar-refractivity contribution in [2.75, 3.05) is 5.32 Å². The Bertz CT molecular complexity index is 284. The summed E-state index contributed by atoms with van der Waals surface area (Å²) in [5.41, 5.74) is -0.116. The highest BCUT2D eigenvalue weighted by Gasteiger charge is 2.16. The van der Waals surface area contributed by atoms with Crippen LogP contribution in [0.2, 0.25) is 0 Å². The van der Waals surface area contributed by atoms with Gasteiger partial charge < -0.3 is 5.32 Å². The summed E-state index contributed by atoms with van der Waals surface area (Å²) >= 11 is 0. The lowest BCUT2D eigenvalue weighted by Gasteiger charge is -2.25. The highest BCUT2D eigenvalue weighted by atomic mass is 19.1. The molecular formula is C10H15FN2. The Morgan fingerprint density at radius 2 is 2.23 bits per heavy atom. The van der Waals surface area contributed by atoms with E-state index in [9.17, 15) is 4.39 Å². The Kier molecular flexibility index (Phi) is 2.86. The number of anilines is 1. The van der Waals surface area contributed by atoms with Crippen molar-refractivity contribution in [3.8, 4) is 0 Å². The lowest BCUT2D eigenvalue weighted by Crippen LogP contribution is -2.30. The second-order valence-electron chi connectivity index (χ2n) is 3.70. The first-order valence-electron chi connectivity index (χ1n) is 4.44. The van der Waals surface area contributed by atoms with Gasteiger partial charge in [-0.2, -0.15) is 0 Å². The van der Waals surface area contributed by atoms with Gasteiger partial charge in [-0.25, -0.2) is 9.37 Å². The largest absolute Gasteiger partial charge is 0.363 e. The average molecular weight is 182 g/mol. The Labute approximate surface area is 78.2 Å². The van der Waals surface area contributed by atoms with E-state index in [1.807, 2.05) is 20.8 Å². The third kappa shape index (κ3) is 2.68. The fourth-order valence-electron chi connectivity index (χ4n) is 0.887. The van der Waals surface area contributed by atoms with Gasteiger partial charge in [0, 0.05) is 11.7 Å². The monoisotopic (exact) mass is 182 g/mol. The molecule has 0 spiro atoms. The van der Waals surface area contributed by atoms with Crippen LogP contribution in [0.15, 0.2) is 18.3 Å². The maximum Gasteiger partial charge on any atom is 0.165 e. The van der Waals surface area contributed by atoms with E-state index in [2.05, 4.69) is 10.3 Å². The highest BCUT2D eigenvalue weighted by molar-refractivity contribution is 5.38. The number of hydrogen-bond donors (Lipinski definition) is 1. The van der Waals surface area contributed by atoms with E-state index >= 15 is 0 Å². The van der Waals surface area contributed by atoms with Gasteiger partial charge >= 0.3 is 0 Å². The van der Waals surface area contributed by atoms with Gasteiger partial charge in [0.25, 0.3) is 0 Å². The number of aromatic nitrogens is 1. The first-order chi connectivity index (χ1) is 6.05. The minimum Gasteiger partial charge on any atom is -0.363 e. The van der Waals surface area contributed by atoms with Crippen molar-refractivity contribution in [1.82, 2.24) is 4.98 Å². The summed E-state index contributed by atoms with van der Waals surface area (Å²) in [5, 5.41) is 3.05. The topological polar surface area (TPSA) is 24.9 Å². The number of nitrogens with zero attached hydrogens (tertiary/aromatic N) is 1. The molecule has 1 aromatic heterocycles. The molecule has 3 heteroatoms. The number of nitrogens with one attached hydrogen (secondary N) is 1. The van der Waals surface area contributed by atoms with Crippen LogP contribution in [-0.4, -0.2) is 10.5 Å². The zero-order chi connectivity index (χ0) is 9.90. The third-order valence-electron chi connectivity index (χ3n) is 2.10. The van der Waals surface area contributed by atoms with E-state index in [-0.39, 0.29) is 11.4 Å². The third-order valence-corrected chi connectivity index (χ3v) is 2.10. The van der Waals surface area contributed by atoms with Crippen molar-refractivity contribution < 1.29 is 4.39 Å². The van der Waals surface area contributed by atoms with Crippen molar-refractivity contribution in [1.29, 1.82) is 0 Å². The van der Waals surface area contributed by atoms with Crippen LogP contribution < -0.4 is 5.32 Å². The fourth-order valence-corrected chi connectivity index (χ4v) is 0.887. The second kappa shape index (κ2) is 3.73. The van der Waals surface area contributed by atoms with E-state index in [1.165, 1.54) is 6.07 Å². The van der Waals surface area contributed by atoms with Crippen molar-refractivity contribution in [2.24, 2.45) is 0 Å².